The Balaban J connectivity index is 1.87. The van der Waals surface area contributed by atoms with Crippen molar-refractivity contribution in [3.63, 3.8) is 0 Å². The second-order valence-electron chi connectivity index (χ2n) is 4.87. The van der Waals surface area contributed by atoms with Crippen LogP contribution in [0.4, 0.5) is 11.5 Å². The number of nitrogen functional groups attached to an aromatic ring is 1. The molecule has 7 nitrogen and oxygen atoms in total. The molecule has 108 valence electrons. The molecule has 1 aliphatic rings. The highest BCUT2D eigenvalue weighted by Gasteiger charge is 2.25. The minimum atomic E-state index is -3.12. The van der Waals surface area contributed by atoms with Crippen LogP contribution in [0, 0.1) is 0 Å². The van der Waals surface area contributed by atoms with Gasteiger partial charge in [-0.3, -0.25) is 0 Å². The number of para-hydroxylation sites is 1. The summed E-state index contributed by atoms with van der Waals surface area (Å²) in [6, 6.07) is 5.69. The molecule has 0 spiro atoms. The van der Waals surface area contributed by atoms with Crippen molar-refractivity contribution in [2.45, 2.75) is 0 Å². The molecule has 0 saturated carbocycles. The monoisotopic (exact) mass is 296 g/mol. The molecule has 8 heteroatoms. The molecule has 0 unspecified atom stereocenters. The number of fused-ring (bicyclic) bond motifs is 1. The number of rotatable bonds is 2. The average Bonchev–Trinajstić information content (AvgIpc) is 2.80. The van der Waals surface area contributed by atoms with E-state index in [0.29, 0.717) is 37.6 Å². The molecular formula is C12H16N4O3S. The highest BCUT2D eigenvalue weighted by atomic mass is 32.2. The number of benzene rings is 1. The lowest BCUT2D eigenvalue weighted by molar-refractivity contribution is 0.387. The minimum Gasteiger partial charge on any atom is -0.380 e. The summed E-state index contributed by atoms with van der Waals surface area (Å²) < 4.78 is 29.8. The second-order valence-corrected chi connectivity index (χ2v) is 6.85. The van der Waals surface area contributed by atoms with Gasteiger partial charge in [0.05, 0.1) is 17.3 Å². The summed E-state index contributed by atoms with van der Waals surface area (Å²) in [5.41, 5.74) is 7.30. The minimum absolute atomic E-state index is 0.372. The van der Waals surface area contributed by atoms with Gasteiger partial charge in [-0.1, -0.05) is 11.2 Å². The van der Waals surface area contributed by atoms with Crippen molar-refractivity contribution in [3.05, 3.63) is 18.2 Å². The van der Waals surface area contributed by atoms with Crippen molar-refractivity contribution in [1.29, 1.82) is 0 Å². The molecule has 0 bridgehead atoms. The van der Waals surface area contributed by atoms with Crippen molar-refractivity contribution < 1.29 is 12.9 Å². The number of piperazine rings is 1. The van der Waals surface area contributed by atoms with Crippen LogP contribution in [0.1, 0.15) is 0 Å². The van der Waals surface area contributed by atoms with Crippen LogP contribution in [-0.2, 0) is 10.0 Å². The standard InChI is InChI=1S/C12H16N4O3S/c1-20(17,18)16-7-5-15(6-8-16)10-4-2-3-9-11(10)19-14-12(9)13/h2-4H,5-8H2,1H3,(H2,13,14). The van der Waals surface area contributed by atoms with Crippen molar-refractivity contribution >= 4 is 32.5 Å². The normalized spacial score (nSPS) is 17.8. The highest BCUT2D eigenvalue weighted by Crippen LogP contribution is 2.30. The van der Waals surface area contributed by atoms with Gasteiger partial charge in [0.1, 0.15) is 0 Å². The summed E-state index contributed by atoms with van der Waals surface area (Å²) in [6.07, 6.45) is 1.24. The number of nitrogens with two attached hydrogens (primary N) is 1. The number of aromatic nitrogens is 1. The molecule has 1 aliphatic heterocycles. The van der Waals surface area contributed by atoms with Crippen LogP contribution in [0.5, 0.6) is 0 Å². The number of nitrogens with zero attached hydrogens (tertiary/aromatic N) is 3. The zero-order valence-electron chi connectivity index (χ0n) is 11.1. The Morgan fingerprint density at radius 2 is 1.95 bits per heavy atom. The van der Waals surface area contributed by atoms with E-state index in [0.717, 1.165) is 11.1 Å². The van der Waals surface area contributed by atoms with Crippen LogP contribution in [0.25, 0.3) is 11.0 Å². The van der Waals surface area contributed by atoms with Crippen LogP contribution in [0.2, 0.25) is 0 Å². The highest BCUT2D eigenvalue weighted by molar-refractivity contribution is 7.88. The van der Waals surface area contributed by atoms with E-state index in [1.54, 1.807) is 0 Å². The van der Waals surface area contributed by atoms with Gasteiger partial charge in [-0.2, -0.15) is 4.31 Å². The SMILES string of the molecule is CS(=O)(=O)N1CCN(c2cccc3c(N)noc23)CC1. The maximum Gasteiger partial charge on any atom is 0.211 e. The third-order valence-electron chi connectivity index (χ3n) is 3.55. The lowest BCUT2D eigenvalue weighted by atomic mass is 10.2. The maximum absolute atomic E-state index is 11.5. The van der Waals surface area contributed by atoms with Crippen LogP contribution in [0.15, 0.2) is 22.7 Å². The largest absolute Gasteiger partial charge is 0.380 e. The van der Waals surface area contributed by atoms with Gasteiger partial charge in [0.15, 0.2) is 11.4 Å². The van der Waals surface area contributed by atoms with Crippen molar-refractivity contribution in [2.24, 2.45) is 0 Å². The third kappa shape index (κ3) is 2.20. The first-order valence-electron chi connectivity index (χ1n) is 6.31. The summed E-state index contributed by atoms with van der Waals surface area (Å²) >= 11 is 0. The second kappa shape index (κ2) is 4.64. The number of anilines is 2. The maximum atomic E-state index is 11.5. The van der Waals surface area contributed by atoms with Gasteiger partial charge in [-0.15, -0.1) is 0 Å². The Bertz CT molecular complexity index is 732. The van der Waals surface area contributed by atoms with Gasteiger partial charge in [0.2, 0.25) is 10.0 Å². The predicted molar refractivity (Wildman–Crippen MR) is 77.1 cm³/mol. The van der Waals surface area contributed by atoms with Crippen LogP contribution >= 0.6 is 0 Å². The van der Waals surface area contributed by atoms with Crippen molar-refractivity contribution in [2.75, 3.05) is 43.1 Å². The first-order chi connectivity index (χ1) is 9.47. The van der Waals surface area contributed by atoms with E-state index >= 15 is 0 Å². The number of hydrogen-bond acceptors (Lipinski definition) is 6. The van der Waals surface area contributed by atoms with Gasteiger partial charge in [-0.25, -0.2) is 8.42 Å². The fourth-order valence-electron chi connectivity index (χ4n) is 2.48. The van der Waals surface area contributed by atoms with Gasteiger partial charge in [0.25, 0.3) is 0 Å². The lowest BCUT2D eigenvalue weighted by Crippen LogP contribution is -2.48. The quantitative estimate of drug-likeness (QED) is 0.867. The molecule has 2 aromatic rings. The first kappa shape index (κ1) is 13.2. The Morgan fingerprint density at radius 1 is 1.25 bits per heavy atom. The van der Waals surface area contributed by atoms with Crippen LogP contribution in [0.3, 0.4) is 0 Å². The zero-order valence-corrected chi connectivity index (χ0v) is 11.9. The van der Waals surface area contributed by atoms with E-state index in [2.05, 4.69) is 10.1 Å². The molecule has 1 fully saturated rings. The van der Waals surface area contributed by atoms with Gasteiger partial charge >= 0.3 is 0 Å². The molecule has 0 radical (unpaired) electrons. The van der Waals surface area contributed by atoms with Crippen LogP contribution < -0.4 is 10.6 Å². The van der Waals surface area contributed by atoms with Gasteiger partial charge < -0.3 is 15.2 Å². The molecular weight excluding hydrogens is 280 g/mol. The molecule has 1 aromatic carbocycles. The van der Waals surface area contributed by atoms with Crippen molar-refractivity contribution in [1.82, 2.24) is 9.46 Å². The topological polar surface area (TPSA) is 92.7 Å². The van der Waals surface area contributed by atoms with E-state index in [9.17, 15) is 8.42 Å². The first-order valence-corrected chi connectivity index (χ1v) is 8.15. The molecule has 2 N–H and O–H groups in total. The van der Waals surface area contributed by atoms with E-state index in [4.69, 9.17) is 10.3 Å². The van der Waals surface area contributed by atoms with E-state index < -0.39 is 10.0 Å². The Morgan fingerprint density at radius 3 is 2.60 bits per heavy atom. The van der Waals surface area contributed by atoms with E-state index in [1.165, 1.54) is 10.6 Å². The lowest BCUT2D eigenvalue weighted by Gasteiger charge is -2.34. The molecule has 0 aliphatic carbocycles. The predicted octanol–water partition coefficient (Wildman–Crippen LogP) is 0.492. The fourth-order valence-corrected chi connectivity index (χ4v) is 3.30. The smallest absolute Gasteiger partial charge is 0.211 e. The third-order valence-corrected chi connectivity index (χ3v) is 4.86. The summed E-state index contributed by atoms with van der Waals surface area (Å²) in [5.74, 6) is 0.372. The van der Waals surface area contributed by atoms with Crippen LogP contribution in [-0.4, -0.2) is 50.3 Å². The number of sulfonamides is 1. The molecule has 2 heterocycles. The zero-order chi connectivity index (χ0) is 14.3. The van der Waals surface area contributed by atoms with Gasteiger partial charge in [0, 0.05) is 26.2 Å². The molecule has 1 aromatic heterocycles. The summed E-state index contributed by atoms with van der Waals surface area (Å²) in [7, 11) is -3.12. The molecule has 1 saturated heterocycles. The van der Waals surface area contributed by atoms with Gasteiger partial charge in [-0.05, 0) is 12.1 Å². The summed E-state index contributed by atoms with van der Waals surface area (Å²) in [6.45, 7) is 2.18. The Kier molecular flexibility index (Phi) is 3.06. The molecule has 0 atom stereocenters. The Labute approximate surface area is 117 Å². The van der Waals surface area contributed by atoms with E-state index in [-0.39, 0.29) is 0 Å². The number of hydrogen-bond donors (Lipinski definition) is 1. The van der Waals surface area contributed by atoms with E-state index in [1.807, 2.05) is 18.2 Å². The average molecular weight is 296 g/mol. The summed E-state index contributed by atoms with van der Waals surface area (Å²) in [4.78, 5) is 2.09. The van der Waals surface area contributed by atoms with Crippen molar-refractivity contribution in [3.8, 4) is 0 Å². The summed E-state index contributed by atoms with van der Waals surface area (Å²) in [5, 5.41) is 4.56. The molecule has 0 amide bonds. The molecule has 3 rings (SSSR count). The molecule has 20 heavy (non-hydrogen) atoms. The Hall–Kier alpha value is -1.80. The fraction of sp³-hybridized carbons (Fsp3) is 0.417.